The van der Waals surface area contributed by atoms with E-state index in [0.717, 1.165) is 44.1 Å². The van der Waals surface area contributed by atoms with Crippen LogP contribution in [-0.4, -0.2) is 56.1 Å². The van der Waals surface area contributed by atoms with Gasteiger partial charge in [0.25, 0.3) is 0 Å². The Bertz CT molecular complexity index is 617. The molecule has 1 heterocycles. The largest absolute Gasteiger partial charge is 0.335 e. The number of urea groups is 1. The van der Waals surface area contributed by atoms with Crippen LogP contribution >= 0.6 is 24.8 Å². The van der Waals surface area contributed by atoms with E-state index in [1.807, 2.05) is 0 Å². The molecule has 1 saturated heterocycles. The molecule has 1 aromatic rings. The van der Waals surface area contributed by atoms with Crippen LogP contribution in [0.25, 0.3) is 0 Å². The van der Waals surface area contributed by atoms with Gasteiger partial charge in [-0.3, -0.25) is 4.79 Å². The van der Waals surface area contributed by atoms with Crippen molar-refractivity contribution in [3.05, 3.63) is 24.3 Å². The quantitative estimate of drug-likeness (QED) is 0.534. The van der Waals surface area contributed by atoms with E-state index in [9.17, 15) is 9.59 Å². The zero-order valence-corrected chi connectivity index (χ0v) is 17.8. The molecule has 3 amide bonds. The standard InChI is InChI=1S/C19H29N5O2.2ClH/c1-24-10-8-17(9-11-24)23-19(26)22-16-6-4-15(5-7-16)21-18(25)13-20-12-14-2-3-14;;/h4-7,14,17,20H,2-3,8-13H2,1H3,(H,21,25)(H2,22,23,26);2*1H. The third-order valence-corrected chi connectivity index (χ3v) is 4.90. The number of nitrogens with zero attached hydrogens (tertiary/aromatic N) is 1. The summed E-state index contributed by atoms with van der Waals surface area (Å²) < 4.78 is 0. The fraction of sp³-hybridized carbons (Fsp3) is 0.579. The number of halogens is 2. The van der Waals surface area contributed by atoms with Crippen molar-refractivity contribution in [1.29, 1.82) is 0 Å². The van der Waals surface area contributed by atoms with Gasteiger partial charge in [-0.05, 0) is 82.5 Å². The topological polar surface area (TPSA) is 85.5 Å². The van der Waals surface area contributed by atoms with Gasteiger partial charge in [0.15, 0.2) is 0 Å². The van der Waals surface area contributed by atoms with Crippen molar-refractivity contribution in [2.24, 2.45) is 5.92 Å². The third-order valence-electron chi connectivity index (χ3n) is 4.90. The van der Waals surface area contributed by atoms with Crippen LogP contribution < -0.4 is 21.3 Å². The predicted molar refractivity (Wildman–Crippen MR) is 118 cm³/mol. The molecule has 2 aliphatic rings. The maximum Gasteiger partial charge on any atom is 0.319 e. The molecule has 7 nitrogen and oxygen atoms in total. The molecule has 1 aliphatic carbocycles. The number of likely N-dealkylation sites (tertiary alicyclic amines) is 1. The summed E-state index contributed by atoms with van der Waals surface area (Å²) in [6.45, 7) is 3.27. The molecule has 0 radical (unpaired) electrons. The molecule has 1 saturated carbocycles. The molecule has 1 aliphatic heterocycles. The number of amides is 3. The average molecular weight is 432 g/mol. The van der Waals surface area contributed by atoms with Gasteiger partial charge in [-0.1, -0.05) is 0 Å². The first-order valence-electron chi connectivity index (χ1n) is 9.45. The van der Waals surface area contributed by atoms with Crippen molar-refractivity contribution in [3.8, 4) is 0 Å². The molecule has 3 rings (SSSR count). The van der Waals surface area contributed by atoms with Crippen LogP contribution in [0, 0.1) is 5.92 Å². The van der Waals surface area contributed by atoms with E-state index < -0.39 is 0 Å². The molecule has 9 heteroatoms. The summed E-state index contributed by atoms with van der Waals surface area (Å²) in [7, 11) is 2.10. The fourth-order valence-corrected chi connectivity index (χ4v) is 3.06. The third kappa shape index (κ3) is 8.65. The van der Waals surface area contributed by atoms with Crippen LogP contribution in [0.5, 0.6) is 0 Å². The smallest absolute Gasteiger partial charge is 0.319 e. The highest BCUT2D eigenvalue weighted by molar-refractivity contribution is 5.93. The van der Waals surface area contributed by atoms with Crippen molar-refractivity contribution < 1.29 is 9.59 Å². The van der Waals surface area contributed by atoms with Gasteiger partial charge >= 0.3 is 6.03 Å². The van der Waals surface area contributed by atoms with Crippen molar-refractivity contribution in [3.63, 3.8) is 0 Å². The molecular formula is C19H31Cl2N5O2. The Balaban J connectivity index is 0.00000196. The van der Waals surface area contributed by atoms with E-state index in [1.54, 1.807) is 24.3 Å². The van der Waals surface area contributed by atoms with Gasteiger partial charge in [0, 0.05) is 17.4 Å². The van der Waals surface area contributed by atoms with Crippen molar-refractivity contribution >= 4 is 48.1 Å². The summed E-state index contributed by atoms with van der Waals surface area (Å²) in [5.41, 5.74) is 1.43. The highest BCUT2D eigenvalue weighted by atomic mass is 35.5. The Labute approximate surface area is 179 Å². The summed E-state index contributed by atoms with van der Waals surface area (Å²) in [6.07, 6.45) is 4.50. The lowest BCUT2D eigenvalue weighted by Gasteiger charge is -2.29. The number of benzene rings is 1. The molecular weight excluding hydrogens is 401 g/mol. The number of hydrogen-bond donors (Lipinski definition) is 4. The number of nitrogens with one attached hydrogen (secondary N) is 4. The summed E-state index contributed by atoms with van der Waals surface area (Å²) in [5.74, 6) is 0.709. The zero-order chi connectivity index (χ0) is 18.4. The van der Waals surface area contributed by atoms with Gasteiger partial charge in [0.2, 0.25) is 5.91 Å². The van der Waals surface area contributed by atoms with Crippen LogP contribution in [0.4, 0.5) is 16.2 Å². The number of rotatable bonds is 7. The minimum atomic E-state index is -0.180. The summed E-state index contributed by atoms with van der Waals surface area (Å²) in [5, 5.41) is 11.9. The number of hydrogen-bond acceptors (Lipinski definition) is 4. The van der Waals surface area contributed by atoms with E-state index in [-0.39, 0.29) is 42.8 Å². The van der Waals surface area contributed by atoms with E-state index >= 15 is 0 Å². The minimum Gasteiger partial charge on any atom is -0.335 e. The van der Waals surface area contributed by atoms with Gasteiger partial charge in [-0.2, -0.15) is 0 Å². The second-order valence-electron chi connectivity index (χ2n) is 7.38. The van der Waals surface area contributed by atoms with E-state index in [0.29, 0.717) is 12.2 Å². The average Bonchev–Trinajstić information content (AvgIpc) is 3.43. The first kappa shape index (κ1) is 24.5. The van der Waals surface area contributed by atoms with Crippen molar-refractivity contribution in [2.45, 2.75) is 31.7 Å². The molecule has 1 aromatic carbocycles. The summed E-state index contributed by atoms with van der Waals surface area (Å²) in [6, 6.07) is 7.23. The Hall–Kier alpha value is -1.54. The number of carbonyl (C=O) groups is 2. The maximum atomic E-state index is 12.1. The van der Waals surface area contributed by atoms with Crippen LogP contribution in [0.15, 0.2) is 24.3 Å². The van der Waals surface area contributed by atoms with Gasteiger partial charge in [0.05, 0.1) is 6.54 Å². The van der Waals surface area contributed by atoms with Crippen molar-refractivity contribution in [1.82, 2.24) is 15.5 Å². The Kier molecular flexibility index (Phi) is 10.6. The van der Waals surface area contributed by atoms with E-state index in [4.69, 9.17) is 0 Å². The first-order chi connectivity index (χ1) is 12.6. The molecule has 4 N–H and O–H groups in total. The molecule has 0 spiro atoms. The SMILES string of the molecule is CN1CCC(NC(=O)Nc2ccc(NC(=O)CNCC3CC3)cc2)CC1.Cl.Cl. The van der Waals surface area contributed by atoms with Gasteiger partial charge in [-0.25, -0.2) is 4.79 Å². The second kappa shape index (κ2) is 12.1. The molecule has 0 bridgehead atoms. The number of piperidine rings is 1. The number of carbonyl (C=O) groups excluding carboxylic acids is 2. The van der Waals surface area contributed by atoms with E-state index in [2.05, 4.69) is 33.2 Å². The first-order valence-corrected chi connectivity index (χ1v) is 9.45. The highest BCUT2D eigenvalue weighted by Gasteiger charge is 2.20. The summed E-state index contributed by atoms with van der Waals surface area (Å²) in [4.78, 5) is 26.2. The van der Waals surface area contributed by atoms with Crippen LogP contribution in [0.3, 0.4) is 0 Å². The van der Waals surface area contributed by atoms with Crippen molar-refractivity contribution in [2.75, 3.05) is 43.9 Å². The molecule has 0 unspecified atom stereocenters. The predicted octanol–water partition coefficient (Wildman–Crippen LogP) is 2.68. The Morgan fingerprint density at radius 3 is 2.11 bits per heavy atom. The van der Waals surface area contributed by atoms with Crippen LogP contribution in [0.2, 0.25) is 0 Å². The lowest BCUT2D eigenvalue weighted by Crippen LogP contribution is -2.44. The van der Waals surface area contributed by atoms with Crippen LogP contribution in [-0.2, 0) is 4.79 Å². The lowest BCUT2D eigenvalue weighted by atomic mass is 10.1. The van der Waals surface area contributed by atoms with Crippen LogP contribution in [0.1, 0.15) is 25.7 Å². The highest BCUT2D eigenvalue weighted by Crippen LogP contribution is 2.27. The van der Waals surface area contributed by atoms with Gasteiger partial charge in [-0.15, -0.1) is 24.8 Å². The number of anilines is 2. The normalized spacial score (nSPS) is 17.0. The molecule has 158 valence electrons. The molecule has 0 aromatic heterocycles. The Morgan fingerprint density at radius 1 is 0.964 bits per heavy atom. The maximum absolute atomic E-state index is 12.1. The molecule has 28 heavy (non-hydrogen) atoms. The zero-order valence-electron chi connectivity index (χ0n) is 16.2. The monoisotopic (exact) mass is 431 g/mol. The Morgan fingerprint density at radius 2 is 1.54 bits per heavy atom. The second-order valence-corrected chi connectivity index (χ2v) is 7.38. The van der Waals surface area contributed by atoms with Gasteiger partial charge in [0.1, 0.15) is 0 Å². The van der Waals surface area contributed by atoms with Gasteiger partial charge < -0.3 is 26.2 Å². The van der Waals surface area contributed by atoms with E-state index in [1.165, 1.54) is 12.8 Å². The minimum absolute atomic E-state index is 0. The molecule has 2 fully saturated rings. The fourth-order valence-electron chi connectivity index (χ4n) is 3.06. The lowest BCUT2D eigenvalue weighted by molar-refractivity contribution is -0.115. The molecule has 0 atom stereocenters. The summed E-state index contributed by atoms with van der Waals surface area (Å²) >= 11 is 0.